The molecule has 0 aromatic heterocycles. The fraction of sp³-hybridized carbons (Fsp3) is 0.0769. The van der Waals surface area contributed by atoms with E-state index in [1.165, 1.54) is 0 Å². The van der Waals surface area contributed by atoms with Gasteiger partial charge in [0.25, 0.3) is 0 Å². The fourth-order valence-electron chi connectivity index (χ4n) is 1.54. The second-order valence-corrected chi connectivity index (χ2v) is 4.57. The van der Waals surface area contributed by atoms with Gasteiger partial charge >= 0.3 is 0 Å². The number of hydrogen-bond donors (Lipinski definition) is 3. The average Bonchev–Trinajstić information content (AvgIpc) is 2.39. The molecule has 5 heteroatoms. The van der Waals surface area contributed by atoms with Crippen molar-refractivity contribution >= 4 is 23.4 Å². The molecule has 0 fully saturated rings. The summed E-state index contributed by atoms with van der Waals surface area (Å²) >= 11 is 0.912. The van der Waals surface area contributed by atoms with Crippen molar-refractivity contribution in [3.63, 3.8) is 0 Å². The Balaban J connectivity index is 1.97. The number of rotatable bonds is 5. The summed E-state index contributed by atoms with van der Waals surface area (Å²) in [6.45, 7) is 0.717. The zero-order valence-electron chi connectivity index (χ0n) is 9.67. The summed E-state index contributed by atoms with van der Waals surface area (Å²) in [6, 6.07) is 15.3. The van der Waals surface area contributed by atoms with Crippen LogP contribution in [-0.4, -0.2) is 5.26 Å². The van der Waals surface area contributed by atoms with Gasteiger partial charge in [0.2, 0.25) is 0 Å². The van der Waals surface area contributed by atoms with Crippen LogP contribution in [0.2, 0.25) is 0 Å². The Labute approximate surface area is 110 Å². The lowest BCUT2D eigenvalue weighted by molar-refractivity contribution is -0.116. The topological polar surface area (TPSA) is 67.5 Å². The van der Waals surface area contributed by atoms with Gasteiger partial charge in [-0.25, -0.2) is 5.26 Å². The van der Waals surface area contributed by atoms with E-state index < -0.39 is 0 Å². The highest BCUT2D eigenvalue weighted by Gasteiger charge is 1.98. The average molecular weight is 262 g/mol. The van der Waals surface area contributed by atoms with Crippen LogP contribution in [0, 0.1) is 0 Å². The van der Waals surface area contributed by atoms with Crippen molar-refractivity contribution in [1.82, 2.24) is 0 Å². The zero-order valence-corrected chi connectivity index (χ0v) is 10.5. The molecule has 2 aromatic carbocycles. The first-order chi connectivity index (χ1) is 8.78. The molecule has 4 N–H and O–H groups in total. The Morgan fingerprint density at radius 2 is 1.94 bits per heavy atom. The molecule has 0 unspecified atom stereocenters. The van der Waals surface area contributed by atoms with Gasteiger partial charge in [0.15, 0.2) is 0 Å². The Hall–Kier alpha value is -1.69. The Morgan fingerprint density at radius 3 is 2.67 bits per heavy atom. The minimum atomic E-state index is 0.717. The maximum absolute atomic E-state index is 8.38. The normalized spacial score (nSPS) is 10.3. The summed E-state index contributed by atoms with van der Waals surface area (Å²) in [4.78, 5) is 0.833. The van der Waals surface area contributed by atoms with E-state index in [0.29, 0.717) is 6.54 Å². The van der Waals surface area contributed by atoms with Crippen LogP contribution < -0.4 is 11.1 Å². The molecule has 0 saturated heterocycles. The number of hydrogen-bond acceptors (Lipinski definition) is 5. The standard InChI is InChI=1S/C13H14N2O2S/c14-11-6-4-10(5-7-11)9-15-12-2-1-3-13(8-12)18-17-16/h1-8,15-16H,9,14H2. The summed E-state index contributed by atoms with van der Waals surface area (Å²) in [6.07, 6.45) is 0. The summed E-state index contributed by atoms with van der Waals surface area (Å²) in [5.74, 6) is 0. The maximum Gasteiger partial charge on any atom is 0.0680 e. The van der Waals surface area contributed by atoms with Gasteiger partial charge in [-0.2, -0.15) is 4.33 Å². The molecule has 0 aliphatic heterocycles. The Kier molecular flexibility index (Phi) is 4.46. The molecule has 0 spiro atoms. The van der Waals surface area contributed by atoms with E-state index in [2.05, 4.69) is 9.65 Å². The molecule has 0 aliphatic carbocycles. The van der Waals surface area contributed by atoms with Crippen LogP contribution in [0.3, 0.4) is 0 Å². The lowest BCUT2D eigenvalue weighted by atomic mass is 10.2. The van der Waals surface area contributed by atoms with Gasteiger partial charge in [-0.15, -0.1) is 0 Å². The molecule has 0 saturated carbocycles. The van der Waals surface area contributed by atoms with Crippen LogP contribution in [0.1, 0.15) is 5.56 Å². The van der Waals surface area contributed by atoms with Gasteiger partial charge < -0.3 is 11.1 Å². The smallest absolute Gasteiger partial charge is 0.0680 e. The minimum Gasteiger partial charge on any atom is -0.399 e. The number of benzene rings is 2. The zero-order chi connectivity index (χ0) is 12.8. The molecule has 0 radical (unpaired) electrons. The van der Waals surface area contributed by atoms with E-state index in [1.807, 2.05) is 48.5 Å². The van der Waals surface area contributed by atoms with Gasteiger partial charge in [-0.05, 0) is 35.9 Å². The quantitative estimate of drug-likeness (QED) is 0.333. The van der Waals surface area contributed by atoms with E-state index in [9.17, 15) is 0 Å². The lowest BCUT2D eigenvalue weighted by Gasteiger charge is -2.07. The predicted molar refractivity (Wildman–Crippen MR) is 74.2 cm³/mol. The second kappa shape index (κ2) is 6.30. The number of nitrogens with one attached hydrogen (secondary N) is 1. The van der Waals surface area contributed by atoms with Crippen LogP contribution in [0.25, 0.3) is 0 Å². The third-order valence-electron chi connectivity index (χ3n) is 2.44. The summed E-state index contributed by atoms with van der Waals surface area (Å²) in [5, 5.41) is 11.7. The van der Waals surface area contributed by atoms with Crippen molar-refractivity contribution in [2.24, 2.45) is 0 Å². The SMILES string of the molecule is Nc1ccc(CNc2cccc(SOO)c2)cc1. The Morgan fingerprint density at radius 1 is 1.17 bits per heavy atom. The summed E-state index contributed by atoms with van der Waals surface area (Å²) < 4.78 is 4.03. The van der Waals surface area contributed by atoms with Crippen LogP contribution in [0.15, 0.2) is 53.4 Å². The first kappa shape index (κ1) is 12.8. The molecule has 18 heavy (non-hydrogen) atoms. The molecular weight excluding hydrogens is 248 g/mol. The maximum atomic E-state index is 8.38. The first-order valence-electron chi connectivity index (χ1n) is 5.44. The van der Waals surface area contributed by atoms with E-state index in [4.69, 9.17) is 11.0 Å². The van der Waals surface area contributed by atoms with E-state index in [-0.39, 0.29) is 0 Å². The van der Waals surface area contributed by atoms with E-state index >= 15 is 0 Å². The monoisotopic (exact) mass is 262 g/mol. The highest BCUT2D eigenvalue weighted by atomic mass is 32.2. The third kappa shape index (κ3) is 3.66. The molecule has 0 amide bonds. The van der Waals surface area contributed by atoms with Crippen molar-refractivity contribution < 1.29 is 9.59 Å². The molecule has 4 nitrogen and oxygen atoms in total. The molecular formula is C13H14N2O2S. The Bertz CT molecular complexity index is 503. The van der Waals surface area contributed by atoms with Gasteiger partial charge in [-0.3, -0.25) is 0 Å². The molecule has 0 aliphatic rings. The number of nitrogens with two attached hydrogens (primary N) is 1. The molecule has 0 heterocycles. The summed E-state index contributed by atoms with van der Waals surface area (Å²) in [5.41, 5.74) is 8.51. The van der Waals surface area contributed by atoms with Gasteiger partial charge in [-0.1, -0.05) is 18.2 Å². The second-order valence-electron chi connectivity index (χ2n) is 3.78. The van der Waals surface area contributed by atoms with Crippen molar-refractivity contribution in [1.29, 1.82) is 0 Å². The molecule has 0 bridgehead atoms. The predicted octanol–water partition coefficient (Wildman–Crippen LogP) is 3.38. The molecule has 2 rings (SSSR count). The van der Waals surface area contributed by atoms with Crippen LogP contribution in [0.5, 0.6) is 0 Å². The van der Waals surface area contributed by atoms with Gasteiger partial charge in [0, 0.05) is 22.8 Å². The molecule has 2 aromatic rings. The van der Waals surface area contributed by atoms with Gasteiger partial charge in [0.1, 0.15) is 0 Å². The largest absolute Gasteiger partial charge is 0.399 e. The lowest BCUT2D eigenvalue weighted by Crippen LogP contribution is -1.99. The molecule has 0 atom stereocenters. The van der Waals surface area contributed by atoms with Crippen molar-refractivity contribution in [3.05, 3.63) is 54.1 Å². The van der Waals surface area contributed by atoms with Crippen molar-refractivity contribution in [2.45, 2.75) is 11.4 Å². The highest BCUT2D eigenvalue weighted by molar-refractivity contribution is 7.94. The highest BCUT2D eigenvalue weighted by Crippen LogP contribution is 2.21. The van der Waals surface area contributed by atoms with Crippen LogP contribution in [-0.2, 0) is 10.9 Å². The third-order valence-corrected chi connectivity index (χ3v) is 2.96. The van der Waals surface area contributed by atoms with E-state index in [1.54, 1.807) is 0 Å². The van der Waals surface area contributed by atoms with Crippen molar-refractivity contribution in [3.8, 4) is 0 Å². The fourth-order valence-corrected chi connectivity index (χ4v) is 1.94. The van der Waals surface area contributed by atoms with Crippen LogP contribution in [0.4, 0.5) is 11.4 Å². The van der Waals surface area contributed by atoms with Crippen LogP contribution >= 0.6 is 12.0 Å². The first-order valence-corrected chi connectivity index (χ1v) is 6.18. The molecule has 94 valence electrons. The summed E-state index contributed by atoms with van der Waals surface area (Å²) in [7, 11) is 0. The number of anilines is 2. The number of nitrogen functional groups attached to an aromatic ring is 1. The van der Waals surface area contributed by atoms with E-state index in [0.717, 1.165) is 33.9 Å². The van der Waals surface area contributed by atoms with Crippen molar-refractivity contribution in [2.75, 3.05) is 11.1 Å². The minimum absolute atomic E-state index is 0.717. The van der Waals surface area contributed by atoms with Gasteiger partial charge in [0.05, 0.1) is 12.0 Å².